The Balaban J connectivity index is 2.14. The van der Waals surface area contributed by atoms with Crippen molar-refractivity contribution in [3.63, 3.8) is 0 Å². The van der Waals surface area contributed by atoms with Gasteiger partial charge in [0.2, 0.25) is 5.91 Å². The summed E-state index contributed by atoms with van der Waals surface area (Å²) < 4.78 is 0. The molecule has 0 saturated heterocycles. The number of carbonyl (C=O) groups is 2. The lowest BCUT2D eigenvalue weighted by Crippen LogP contribution is -2.24. The van der Waals surface area contributed by atoms with Crippen molar-refractivity contribution in [2.45, 2.75) is 6.92 Å². The van der Waals surface area contributed by atoms with Crippen molar-refractivity contribution in [3.8, 4) is 11.1 Å². The highest BCUT2D eigenvalue weighted by Gasteiger charge is 2.26. The first-order valence-electron chi connectivity index (χ1n) is 7.29. The van der Waals surface area contributed by atoms with E-state index in [9.17, 15) is 14.8 Å². The summed E-state index contributed by atoms with van der Waals surface area (Å²) >= 11 is 0. The Hall–Kier alpha value is -2.98. The molecule has 0 aliphatic heterocycles. The highest BCUT2D eigenvalue weighted by molar-refractivity contribution is 6.27. The lowest BCUT2D eigenvalue weighted by Gasteiger charge is -2.23. The van der Waals surface area contributed by atoms with E-state index in [2.05, 4.69) is 0 Å². The van der Waals surface area contributed by atoms with Crippen molar-refractivity contribution in [1.82, 2.24) is 0 Å². The van der Waals surface area contributed by atoms with Gasteiger partial charge in [-0.05, 0) is 17.2 Å². The lowest BCUT2D eigenvalue weighted by atomic mass is 9.82. The maximum atomic E-state index is 12.8. The minimum atomic E-state index is -0.478. The number of hydroxylamine groups is 1. The third kappa shape index (κ3) is 1.82. The van der Waals surface area contributed by atoms with Gasteiger partial charge in [0.15, 0.2) is 5.78 Å². The standard InChI is InChI=1S/C19H13NO3/c1-11(21)20(23)17-10-9-13-12-5-2-3-6-14(12)19(22)16-8-4-7-15(17)18(13)16/h2-10,23H,1H3. The second-order valence-corrected chi connectivity index (χ2v) is 5.57. The predicted octanol–water partition coefficient (Wildman–Crippen LogP) is 3.79. The second-order valence-electron chi connectivity index (χ2n) is 5.57. The molecule has 0 fully saturated rings. The van der Waals surface area contributed by atoms with Crippen molar-refractivity contribution in [1.29, 1.82) is 0 Å². The van der Waals surface area contributed by atoms with E-state index in [1.54, 1.807) is 18.2 Å². The molecule has 0 aromatic heterocycles. The summed E-state index contributed by atoms with van der Waals surface area (Å²) in [6.07, 6.45) is 0. The van der Waals surface area contributed by atoms with E-state index in [1.807, 2.05) is 36.4 Å². The van der Waals surface area contributed by atoms with Crippen LogP contribution in [0.1, 0.15) is 22.8 Å². The molecule has 4 nitrogen and oxygen atoms in total. The summed E-state index contributed by atoms with van der Waals surface area (Å²) in [7, 11) is 0. The Bertz CT molecular complexity index is 991. The summed E-state index contributed by atoms with van der Waals surface area (Å²) in [5.41, 5.74) is 3.46. The van der Waals surface area contributed by atoms with Crippen LogP contribution in [0, 0.1) is 0 Å². The summed E-state index contributed by atoms with van der Waals surface area (Å²) in [6, 6.07) is 16.4. The molecule has 0 saturated carbocycles. The number of ketones is 1. The van der Waals surface area contributed by atoms with Gasteiger partial charge in [-0.15, -0.1) is 0 Å². The molecule has 1 aliphatic carbocycles. The van der Waals surface area contributed by atoms with Gasteiger partial charge in [0.25, 0.3) is 0 Å². The number of hydrogen-bond donors (Lipinski definition) is 1. The lowest BCUT2D eigenvalue weighted by molar-refractivity contribution is -0.121. The monoisotopic (exact) mass is 303 g/mol. The van der Waals surface area contributed by atoms with Crippen molar-refractivity contribution in [2.75, 3.05) is 5.06 Å². The molecule has 1 N–H and O–H groups in total. The molecule has 0 radical (unpaired) electrons. The maximum Gasteiger partial charge on any atom is 0.247 e. The Morgan fingerprint density at radius 2 is 1.57 bits per heavy atom. The first-order chi connectivity index (χ1) is 11.1. The molecule has 3 aromatic carbocycles. The van der Waals surface area contributed by atoms with Gasteiger partial charge in [0.1, 0.15) is 0 Å². The zero-order valence-electron chi connectivity index (χ0n) is 12.4. The van der Waals surface area contributed by atoms with E-state index in [0.29, 0.717) is 27.3 Å². The van der Waals surface area contributed by atoms with Gasteiger partial charge in [-0.3, -0.25) is 14.8 Å². The average molecular weight is 303 g/mol. The fraction of sp³-hybridized carbons (Fsp3) is 0.0526. The van der Waals surface area contributed by atoms with Crippen LogP contribution in [0.4, 0.5) is 5.69 Å². The average Bonchev–Trinajstić information content (AvgIpc) is 2.58. The summed E-state index contributed by atoms with van der Waals surface area (Å²) in [4.78, 5) is 24.3. The van der Waals surface area contributed by atoms with Gasteiger partial charge in [-0.25, -0.2) is 0 Å². The summed E-state index contributed by atoms with van der Waals surface area (Å²) in [5, 5.41) is 12.1. The molecule has 0 heterocycles. The van der Waals surface area contributed by atoms with E-state index in [0.717, 1.165) is 16.5 Å². The molecule has 0 bridgehead atoms. The van der Waals surface area contributed by atoms with Crippen LogP contribution in [0.3, 0.4) is 0 Å². The van der Waals surface area contributed by atoms with Crippen molar-refractivity contribution in [2.24, 2.45) is 0 Å². The number of anilines is 1. The Morgan fingerprint density at radius 3 is 2.30 bits per heavy atom. The highest BCUT2D eigenvalue weighted by Crippen LogP contribution is 2.42. The number of benzene rings is 3. The highest BCUT2D eigenvalue weighted by atomic mass is 16.5. The third-order valence-electron chi connectivity index (χ3n) is 4.25. The topological polar surface area (TPSA) is 57.6 Å². The molecule has 0 unspecified atom stereocenters. The van der Waals surface area contributed by atoms with Crippen molar-refractivity contribution in [3.05, 3.63) is 65.7 Å². The van der Waals surface area contributed by atoms with Gasteiger partial charge in [-0.2, -0.15) is 5.06 Å². The Kier molecular flexibility index (Phi) is 2.83. The number of rotatable bonds is 1. The zero-order valence-corrected chi connectivity index (χ0v) is 12.4. The van der Waals surface area contributed by atoms with Crippen molar-refractivity contribution < 1.29 is 14.8 Å². The first-order valence-corrected chi connectivity index (χ1v) is 7.29. The van der Waals surface area contributed by atoms with Crippen LogP contribution in [0.15, 0.2) is 54.6 Å². The Morgan fingerprint density at radius 1 is 0.870 bits per heavy atom. The number of fused-ring (bicyclic) bond motifs is 2. The molecular formula is C19H13NO3. The van der Waals surface area contributed by atoms with Crippen LogP contribution in [0.25, 0.3) is 21.9 Å². The van der Waals surface area contributed by atoms with Gasteiger partial charge >= 0.3 is 0 Å². The van der Waals surface area contributed by atoms with E-state index < -0.39 is 5.91 Å². The zero-order chi connectivity index (χ0) is 16.1. The molecule has 4 heteroatoms. The van der Waals surface area contributed by atoms with Crippen LogP contribution in [0.2, 0.25) is 0 Å². The van der Waals surface area contributed by atoms with Crippen LogP contribution in [-0.2, 0) is 4.79 Å². The SMILES string of the molecule is CC(=O)N(O)c1ccc2c3c(cccc13)C(=O)c1ccccc1-2. The van der Waals surface area contributed by atoms with Crippen LogP contribution in [0.5, 0.6) is 0 Å². The van der Waals surface area contributed by atoms with Gasteiger partial charge < -0.3 is 0 Å². The predicted molar refractivity (Wildman–Crippen MR) is 87.8 cm³/mol. The number of hydrogen-bond acceptors (Lipinski definition) is 3. The minimum absolute atomic E-state index is 0.0387. The minimum Gasteiger partial charge on any atom is -0.289 e. The quantitative estimate of drug-likeness (QED) is 0.430. The van der Waals surface area contributed by atoms with E-state index in [-0.39, 0.29) is 5.78 Å². The maximum absolute atomic E-state index is 12.8. The van der Waals surface area contributed by atoms with E-state index in [4.69, 9.17) is 0 Å². The van der Waals surface area contributed by atoms with Gasteiger partial charge in [0, 0.05) is 28.8 Å². The molecular weight excluding hydrogens is 290 g/mol. The normalized spacial score (nSPS) is 12.2. The number of nitrogens with zero attached hydrogens (tertiary/aromatic N) is 1. The Labute approximate surface area is 132 Å². The molecule has 1 amide bonds. The molecule has 0 spiro atoms. The molecule has 112 valence electrons. The van der Waals surface area contributed by atoms with Crippen LogP contribution >= 0.6 is 0 Å². The molecule has 23 heavy (non-hydrogen) atoms. The second kappa shape index (κ2) is 4.76. The molecule has 4 rings (SSSR count). The summed E-state index contributed by atoms with van der Waals surface area (Å²) in [5.74, 6) is -0.517. The number of amides is 1. The first kappa shape index (κ1) is 13.7. The van der Waals surface area contributed by atoms with Crippen molar-refractivity contribution >= 4 is 28.2 Å². The van der Waals surface area contributed by atoms with Crippen LogP contribution in [-0.4, -0.2) is 16.9 Å². The van der Waals surface area contributed by atoms with Crippen LogP contribution < -0.4 is 5.06 Å². The van der Waals surface area contributed by atoms with E-state index in [1.165, 1.54) is 6.92 Å². The number of carbonyl (C=O) groups excluding carboxylic acids is 2. The fourth-order valence-corrected chi connectivity index (χ4v) is 3.22. The van der Waals surface area contributed by atoms with Gasteiger partial charge in [0.05, 0.1) is 5.69 Å². The largest absolute Gasteiger partial charge is 0.289 e. The smallest absolute Gasteiger partial charge is 0.247 e. The fourth-order valence-electron chi connectivity index (χ4n) is 3.22. The van der Waals surface area contributed by atoms with Gasteiger partial charge in [-0.1, -0.05) is 48.5 Å². The third-order valence-corrected chi connectivity index (χ3v) is 4.25. The van der Waals surface area contributed by atoms with E-state index >= 15 is 0 Å². The summed E-state index contributed by atoms with van der Waals surface area (Å²) in [6.45, 7) is 1.29. The molecule has 3 aromatic rings. The molecule has 0 atom stereocenters. The molecule has 1 aliphatic rings.